The van der Waals surface area contributed by atoms with E-state index in [-0.39, 0.29) is 6.10 Å². The smallest absolute Gasteiger partial charge is 0.0543 e. The van der Waals surface area contributed by atoms with Gasteiger partial charge in [-0.15, -0.1) is 0 Å². The highest BCUT2D eigenvalue weighted by molar-refractivity contribution is 5.19. The normalized spacial score (nSPS) is 51.0. The van der Waals surface area contributed by atoms with Crippen LogP contribution in [-0.4, -0.2) is 17.8 Å². The Labute approximate surface area is 130 Å². The molecule has 0 radical (unpaired) electrons. The maximum atomic E-state index is 10.0. The summed E-state index contributed by atoms with van der Waals surface area (Å²) in [7, 11) is 0. The second kappa shape index (κ2) is 5.38. The van der Waals surface area contributed by atoms with Crippen LogP contribution in [0.15, 0.2) is 12.2 Å². The van der Waals surface area contributed by atoms with E-state index < -0.39 is 0 Å². The molecule has 3 aliphatic rings. The zero-order valence-electron chi connectivity index (χ0n) is 13.9. The number of hydrogen-bond acceptors (Lipinski definition) is 2. The van der Waals surface area contributed by atoms with Crippen molar-refractivity contribution in [1.82, 2.24) is 0 Å². The molecular formula is C19H33NO. The Hall–Kier alpha value is -0.340. The molecule has 0 spiro atoms. The number of rotatable bonds is 2. The van der Waals surface area contributed by atoms with Gasteiger partial charge in [-0.2, -0.15) is 0 Å². The lowest BCUT2D eigenvalue weighted by atomic mass is 9.53. The molecule has 0 aromatic rings. The third-order valence-corrected chi connectivity index (χ3v) is 7.81. The predicted molar refractivity (Wildman–Crippen MR) is 87.8 cm³/mol. The van der Waals surface area contributed by atoms with E-state index in [0.717, 1.165) is 37.6 Å². The van der Waals surface area contributed by atoms with E-state index in [9.17, 15) is 5.11 Å². The summed E-state index contributed by atoms with van der Waals surface area (Å²) in [4.78, 5) is 0. The first-order chi connectivity index (χ1) is 9.90. The molecule has 3 aliphatic carbocycles. The maximum absolute atomic E-state index is 10.0. The van der Waals surface area contributed by atoms with Gasteiger partial charge in [-0.25, -0.2) is 0 Å². The number of fused-ring (bicyclic) bond motifs is 1. The second-order valence-electron chi connectivity index (χ2n) is 8.59. The van der Waals surface area contributed by atoms with Gasteiger partial charge in [-0.1, -0.05) is 26.0 Å². The topological polar surface area (TPSA) is 46.2 Å². The Bertz CT molecular complexity index is 420. The summed E-state index contributed by atoms with van der Waals surface area (Å²) in [5.74, 6) is 2.13. The Kier molecular flexibility index (Phi) is 3.99. The highest BCUT2D eigenvalue weighted by atomic mass is 16.3. The van der Waals surface area contributed by atoms with E-state index in [1.807, 2.05) is 0 Å². The molecule has 0 saturated heterocycles. The number of hydrogen-bond donors (Lipinski definition) is 2. The van der Waals surface area contributed by atoms with Crippen molar-refractivity contribution in [3.63, 3.8) is 0 Å². The Morgan fingerprint density at radius 2 is 1.90 bits per heavy atom. The summed E-state index contributed by atoms with van der Waals surface area (Å²) in [6, 6.07) is 0. The predicted octanol–water partition coefficient (Wildman–Crippen LogP) is 3.89. The number of nitrogens with two attached hydrogens (primary N) is 1. The molecule has 0 aromatic carbocycles. The summed E-state index contributed by atoms with van der Waals surface area (Å²) >= 11 is 0. The fourth-order valence-corrected chi connectivity index (χ4v) is 5.83. The summed E-state index contributed by atoms with van der Waals surface area (Å²) < 4.78 is 0. The Morgan fingerprint density at radius 1 is 1.14 bits per heavy atom. The number of allylic oxidation sites excluding steroid dienone is 1. The lowest BCUT2D eigenvalue weighted by molar-refractivity contribution is -0.0455. The van der Waals surface area contributed by atoms with E-state index in [1.54, 1.807) is 0 Å². The van der Waals surface area contributed by atoms with Crippen molar-refractivity contribution in [2.45, 2.75) is 71.3 Å². The summed E-state index contributed by atoms with van der Waals surface area (Å²) in [6.45, 7) is 10.0. The molecule has 0 amide bonds. The molecular weight excluding hydrogens is 258 g/mol. The largest absolute Gasteiger partial charge is 0.393 e. The van der Waals surface area contributed by atoms with Gasteiger partial charge in [0.1, 0.15) is 0 Å². The van der Waals surface area contributed by atoms with Gasteiger partial charge in [-0.05, 0) is 86.5 Å². The van der Waals surface area contributed by atoms with Crippen LogP contribution in [0.3, 0.4) is 0 Å². The monoisotopic (exact) mass is 291 g/mol. The van der Waals surface area contributed by atoms with Gasteiger partial charge in [0.15, 0.2) is 0 Å². The van der Waals surface area contributed by atoms with Gasteiger partial charge >= 0.3 is 0 Å². The van der Waals surface area contributed by atoms with E-state index >= 15 is 0 Å². The first kappa shape index (κ1) is 15.6. The molecule has 3 saturated carbocycles. The van der Waals surface area contributed by atoms with Crippen LogP contribution in [0.25, 0.3) is 0 Å². The molecule has 3 fully saturated rings. The average molecular weight is 291 g/mol. The molecule has 3 rings (SSSR count). The van der Waals surface area contributed by atoms with E-state index in [0.29, 0.717) is 16.7 Å². The van der Waals surface area contributed by atoms with Crippen molar-refractivity contribution < 1.29 is 5.11 Å². The summed E-state index contributed by atoms with van der Waals surface area (Å²) in [6.07, 6.45) is 9.51. The summed E-state index contributed by atoms with van der Waals surface area (Å²) in [5.41, 5.74) is 8.34. The van der Waals surface area contributed by atoms with Crippen molar-refractivity contribution in [3.05, 3.63) is 12.2 Å². The molecule has 0 heterocycles. The van der Waals surface area contributed by atoms with Crippen LogP contribution in [0.2, 0.25) is 0 Å². The van der Waals surface area contributed by atoms with Gasteiger partial charge < -0.3 is 10.8 Å². The highest BCUT2D eigenvalue weighted by Crippen LogP contribution is 2.60. The molecule has 2 nitrogen and oxygen atoms in total. The zero-order valence-corrected chi connectivity index (χ0v) is 13.9. The van der Waals surface area contributed by atoms with E-state index in [2.05, 4.69) is 20.4 Å². The van der Waals surface area contributed by atoms with Crippen molar-refractivity contribution in [3.8, 4) is 0 Å². The van der Waals surface area contributed by atoms with E-state index in [4.69, 9.17) is 5.73 Å². The molecule has 3 N–H and O–H groups in total. The van der Waals surface area contributed by atoms with Crippen LogP contribution >= 0.6 is 0 Å². The van der Waals surface area contributed by atoms with Crippen molar-refractivity contribution in [2.24, 2.45) is 34.3 Å². The van der Waals surface area contributed by atoms with Gasteiger partial charge in [0.25, 0.3) is 0 Å². The molecule has 2 unspecified atom stereocenters. The minimum Gasteiger partial charge on any atom is -0.393 e. The maximum Gasteiger partial charge on any atom is 0.0543 e. The number of aliphatic hydroxyl groups excluding tert-OH is 1. The van der Waals surface area contributed by atoms with Crippen molar-refractivity contribution in [1.29, 1.82) is 0 Å². The SMILES string of the molecule is C=C1CCC2CC([C@@]3(C)CC[C@H](O)C[C@@H]3CN)CC[C@]12C. The third-order valence-electron chi connectivity index (χ3n) is 7.81. The van der Waals surface area contributed by atoms with Gasteiger partial charge in [0, 0.05) is 0 Å². The van der Waals surface area contributed by atoms with Crippen LogP contribution in [-0.2, 0) is 0 Å². The first-order valence-corrected chi connectivity index (χ1v) is 8.96. The first-order valence-electron chi connectivity index (χ1n) is 8.96. The average Bonchev–Trinajstić information content (AvgIpc) is 2.77. The fourth-order valence-electron chi connectivity index (χ4n) is 5.83. The molecule has 6 atom stereocenters. The molecule has 21 heavy (non-hydrogen) atoms. The lowest BCUT2D eigenvalue weighted by Crippen LogP contribution is -2.47. The second-order valence-corrected chi connectivity index (χ2v) is 8.59. The highest BCUT2D eigenvalue weighted by Gasteiger charge is 2.51. The number of aliphatic hydroxyl groups is 1. The Morgan fingerprint density at radius 3 is 2.62 bits per heavy atom. The van der Waals surface area contributed by atoms with Gasteiger partial charge in [0.05, 0.1) is 6.10 Å². The Balaban J connectivity index is 1.77. The molecule has 0 bridgehead atoms. The quantitative estimate of drug-likeness (QED) is 0.758. The van der Waals surface area contributed by atoms with Crippen LogP contribution in [0.5, 0.6) is 0 Å². The summed E-state index contributed by atoms with van der Waals surface area (Å²) in [5, 5.41) is 10.0. The minimum atomic E-state index is -0.119. The van der Waals surface area contributed by atoms with E-state index in [1.165, 1.54) is 37.7 Å². The van der Waals surface area contributed by atoms with Crippen molar-refractivity contribution >= 4 is 0 Å². The molecule has 0 aromatic heterocycles. The van der Waals surface area contributed by atoms with Crippen LogP contribution in [0.4, 0.5) is 0 Å². The zero-order chi connectivity index (χ0) is 15.3. The van der Waals surface area contributed by atoms with Gasteiger partial charge in [0.2, 0.25) is 0 Å². The van der Waals surface area contributed by atoms with Crippen molar-refractivity contribution in [2.75, 3.05) is 6.54 Å². The minimum absolute atomic E-state index is 0.119. The third kappa shape index (κ3) is 2.39. The molecule has 120 valence electrons. The molecule has 2 heteroatoms. The standard InChI is InChI=1S/C19H33NO/c1-13-4-5-14-10-15(6-8-18(13,14)2)19(3)9-7-17(21)11-16(19)12-20/h14-17,21H,1,4-12,20H2,2-3H3/t14?,15?,16-,17+,18-,19-/m1/s1. The fraction of sp³-hybridized carbons (Fsp3) is 0.895. The van der Waals surface area contributed by atoms with Crippen LogP contribution in [0, 0.1) is 28.6 Å². The van der Waals surface area contributed by atoms with Crippen LogP contribution < -0.4 is 5.73 Å². The lowest BCUT2D eigenvalue weighted by Gasteiger charge is -2.53. The van der Waals surface area contributed by atoms with Crippen LogP contribution in [0.1, 0.15) is 65.2 Å². The van der Waals surface area contributed by atoms with Gasteiger partial charge in [-0.3, -0.25) is 0 Å². The molecule has 0 aliphatic heterocycles.